The van der Waals surface area contributed by atoms with Crippen LogP contribution >= 0.6 is 15.9 Å². The Hall–Kier alpha value is -5.42. The molecule has 1 saturated heterocycles. The summed E-state index contributed by atoms with van der Waals surface area (Å²) >= 11 is 3.55. The Morgan fingerprint density at radius 1 is 0.854 bits per heavy atom. The highest BCUT2D eigenvalue weighted by Gasteiger charge is 2.69. The number of aromatic hydroxyl groups is 1. The quantitative estimate of drug-likeness (QED) is 0.192. The zero-order valence-electron chi connectivity index (χ0n) is 25.8. The van der Waals surface area contributed by atoms with Gasteiger partial charge < -0.3 is 5.11 Å². The summed E-state index contributed by atoms with van der Waals surface area (Å²) in [6, 6.07) is 29.5. The number of nitrogens with one attached hydrogen (secondary N) is 1. The number of aromatic nitrogens is 3. The molecule has 11 heteroatoms. The second-order valence-electron chi connectivity index (χ2n) is 12.5. The van der Waals surface area contributed by atoms with Gasteiger partial charge in [0.2, 0.25) is 0 Å². The predicted molar refractivity (Wildman–Crippen MR) is 183 cm³/mol. The minimum absolute atomic E-state index is 0.0545. The highest BCUT2D eigenvalue weighted by atomic mass is 79.9. The summed E-state index contributed by atoms with van der Waals surface area (Å²) < 4.78 is 4.62. The Kier molecular flexibility index (Phi) is 6.92. The van der Waals surface area contributed by atoms with Crippen LogP contribution in [0.3, 0.4) is 0 Å². The molecule has 2 N–H and O–H groups in total. The van der Waals surface area contributed by atoms with E-state index in [2.05, 4.69) is 21.4 Å². The maximum atomic E-state index is 15.1. The molecule has 4 atom stereocenters. The number of aryl methyl sites for hydroxylation is 1. The van der Waals surface area contributed by atoms with Crippen molar-refractivity contribution in [2.24, 2.45) is 5.92 Å². The highest BCUT2D eigenvalue weighted by molar-refractivity contribution is 9.10. The Morgan fingerprint density at radius 2 is 1.54 bits per heavy atom. The Labute approximate surface area is 283 Å². The fraction of sp³-hybridized carbons (Fsp3) is 0.189. The van der Waals surface area contributed by atoms with Gasteiger partial charge in [-0.15, -0.1) is 0 Å². The second-order valence-corrected chi connectivity index (χ2v) is 13.4. The molecule has 4 aromatic carbocycles. The van der Waals surface area contributed by atoms with Gasteiger partial charge in [-0.1, -0.05) is 88.2 Å². The number of carbonyl (C=O) groups is 2. The van der Waals surface area contributed by atoms with Gasteiger partial charge in [0.05, 0.1) is 35.3 Å². The third-order valence-corrected chi connectivity index (χ3v) is 10.5. The van der Waals surface area contributed by atoms with Crippen LogP contribution in [-0.4, -0.2) is 35.9 Å². The average Bonchev–Trinajstić information content (AvgIpc) is 3.48. The predicted octanol–water partition coefficient (Wildman–Crippen LogP) is 5.20. The van der Waals surface area contributed by atoms with Crippen molar-refractivity contribution in [3.63, 3.8) is 0 Å². The lowest BCUT2D eigenvalue weighted by molar-refractivity contribution is -0.138. The normalized spacial score (nSPS) is 22.9. The van der Waals surface area contributed by atoms with E-state index >= 15 is 4.79 Å². The number of anilines is 1. The molecular weight excluding hydrogens is 674 g/mol. The summed E-state index contributed by atoms with van der Waals surface area (Å²) in [5, 5.41) is 12.6. The molecule has 3 heterocycles. The second kappa shape index (κ2) is 11.1. The Balaban J connectivity index is 1.39. The number of carbonyl (C=O) groups excluding carboxylic acids is 2. The van der Waals surface area contributed by atoms with Crippen LogP contribution in [-0.2, 0) is 21.5 Å². The summed E-state index contributed by atoms with van der Waals surface area (Å²) in [4.78, 5) is 57.8. The van der Waals surface area contributed by atoms with Crippen LogP contribution < -0.4 is 16.8 Å². The molecule has 1 aromatic heterocycles. The average molecular weight is 705 g/mol. The van der Waals surface area contributed by atoms with Gasteiger partial charge in [0, 0.05) is 16.0 Å². The molecule has 4 unspecified atom stereocenters. The number of hydrogen-bond donors (Lipinski definition) is 2. The molecule has 1 saturated carbocycles. The van der Waals surface area contributed by atoms with Gasteiger partial charge in [0.15, 0.2) is 0 Å². The van der Waals surface area contributed by atoms with E-state index < -0.39 is 46.5 Å². The van der Waals surface area contributed by atoms with Gasteiger partial charge in [-0.25, -0.2) is 23.5 Å². The maximum Gasteiger partial charge on any atom is 0.352 e. The number of hydrazine groups is 1. The van der Waals surface area contributed by atoms with E-state index in [1.165, 1.54) is 9.36 Å². The first kappa shape index (κ1) is 29.9. The first-order chi connectivity index (χ1) is 23.2. The molecule has 1 aliphatic carbocycles. The molecule has 2 amide bonds. The number of phenols is 1. The number of para-hydroxylation sites is 1. The SMILES string of the molecule is Cc1ccc(NN2C(=O)C3CC4C(=CCn5c(=O)n(-c6ccccc6)c(=O)n54)C(c4cc(Br)ccc4O)C3(c3ccccc3)C2=O)cc1. The van der Waals surface area contributed by atoms with Crippen molar-refractivity contribution in [3.05, 3.63) is 157 Å². The molecule has 0 radical (unpaired) electrons. The van der Waals surface area contributed by atoms with Crippen LogP contribution in [0.1, 0.15) is 35.1 Å². The number of halogens is 1. The third kappa shape index (κ3) is 4.23. The van der Waals surface area contributed by atoms with Crippen molar-refractivity contribution >= 4 is 33.4 Å². The molecule has 0 bridgehead atoms. The van der Waals surface area contributed by atoms with Gasteiger partial charge in [-0.05, 0) is 66.9 Å². The first-order valence-electron chi connectivity index (χ1n) is 15.7. The van der Waals surface area contributed by atoms with Crippen LogP contribution in [0.4, 0.5) is 5.69 Å². The van der Waals surface area contributed by atoms with Gasteiger partial charge in [-0.2, -0.15) is 5.01 Å². The van der Waals surface area contributed by atoms with Gasteiger partial charge in [0.25, 0.3) is 11.8 Å². The fourth-order valence-electron chi connectivity index (χ4n) is 7.91. The monoisotopic (exact) mass is 703 g/mol. The molecule has 2 aliphatic heterocycles. The summed E-state index contributed by atoms with van der Waals surface area (Å²) in [7, 11) is 0. The zero-order chi connectivity index (χ0) is 33.3. The summed E-state index contributed by atoms with van der Waals surface area (Å²) in [5.74, 6) is -2.83. The van der Waals surface area contributed by atoms with E-state index in [0.717, 1.165) is 15.1 Å². The molecule has 2 fully saturated rings. The van der Waals surface area contributed by atoms with Crippen molar-refractivity contribution in [3.8, 4) is 11.4 Å². The maximum absolute atomic E-state index is 15.1. The molecule has 3 aliphatic rings. The van der Waals surface area contributed by atoms with Crippen molar-refractivity contribution in [1.29, 1.82) is 0 Å². The summed E-state index contributed by atoms with van der Waals surface area (Å²) in [5.41, 5.74) is 4.27. The van der Waals surface area contributed by atoms with E-state index in [1.54, 1.807) is 60.7 Å². The highest BCUT2D eigenvalue weighted by Crippen LogP contribution is 2.62. The number of nitrogens with zero attached hydrogens (tertiary/aromatic N) is 4. The Bertz CT molecular complexity index is 2260. The fourth-order valence-corrected chi connectivity index (χ4v) is 8.29. The number of phenolic OH excluding ortho intramolecular Hbond substituents is 1. The summed E-state index contributed by atoms with van der Waals surface area (Å²) in [6.45, 7) is 2.01. The zero-order valence-corrected chi connectivity index (χ0v) is 27.4. The minimum atomic E-state index is -1.50. The molecule has 8 rings (SSSR count). The lowest BCUT2D eigenvalue weighted by Gasteiger charge is -2.49. The Morgan fingerprint density at radius 3 is 2.25 bits per heavy atom. The van der Waals surface area contributed by atoms with E-state index in [-0.39, 0.29) is 18.7 Å². The smallest absolute Gasteiger partial charge is 0.352 e. The molecule has 240 valence electrons. The number of imide groups is 1. The lowest BCUT2D eigenvalue weighted by atomic mass is 9.53. The van der Waals surface area contributed by atoms with E-state index in [4.69, 9.17) is 0 Å². The standard InChI is InChI=1S/C37H30BrN5O5/c1-22-12-15-25(16-13-22)39-42-33(45)29-21-30-27(18-19-40-35(47)41(36(48)43(30)40)26-10-6-3-7-11-26)32(28-20-24(38)14-17-31(28)44)37(29,34(42)46)23-8-4-2-5-9-23/h2-18,20,29-30,32,39,44H,19,21H2,1H3. The van der Waals surface area contributed by atoms with Crippen LogP contribution in [0, 0.1) is 12.8 Å². The molecule has 5 aromatic rings. The largest absolute Gasteiger partial charge is 0.508 e. The van der Waals surface area contributed by atoms with Gasteiger partial charge in [-0.3, -0.25) is 15.0 Å². The number of hydrogen-bond acceptors (Lipinski definition) is 6. The summed E-state index contributed by atoms with van der Waals surface area (Å²) in [6.07, 6.45) is 1.95. The number of benzene rings is 4. The first-order valence-corrected chi connectivity index (χ1v) is 16.5. The van der Waals surface area contributed by atoms with E-state index in [0.29, 0.717) is 32.5 Å². The molecule has 48 heavy (non-hydrogen) atoms. The van der Waals surface area contributed by atoms with Crippen LogP contribution in [0.5, 0.6) is 5.75 Å². The van der Waals surface area contributed by atoms with Crippen LogP contribution in [0.15, 0.2) is 129 Å². The van der Waals surface area contributed by atoms with E-state index in [9.17, 15) is 19.5 Å². The van der Waals surface area contributed by atoms with Crippen molar-refractivity contribution in [2.45, 2.75) is 37.3 Å². The third-order valence-electron chi connectivity index (χ3n) is 9.97. The number of rotatable bonds is 5. The number of fused-ring (bicyclic) bond motifs is 4. The van der Waals surface area contributed by atoms with Crippen molar-refractivity contribution < 1.29 is 14.7 Å². The minimum Gasteiger partial charge on any atom is -0.508 e. The van der Waals surface area contributed by atoms with Crippen molar-refractivity contribution in [1.82, 2.24) is 18.9 Å². The van der Waals surface area contributed by atoms with Gasteiger partial charge >= 0.3 is 11.4 Å². The lowest BCUT2D eigenvalue weighted by Crippen LogP contribution is -2.53. The molecular formula is C37H30BrN5O5. The molecule has 0 spiro atoms. The van der Waals surface area contributed by atoms with Crippen molar-refractivity contribution in [2.75, 3.05) is 5.43 Å². The van der Waals surface area contributed by atoms with E-state index in [1.807, 2.05) is 55.5 Å². The van der Waals surface area contributed by atoms with Crippen LogP contribution in [0.25, 0.3) is 5.69 Å². The topological polar surface area (TPSA) is 119 Å². The molecule has 10 nitrogen and oxygen atoms in total. The van der Waals surface area contributed by atoms with Crippen LogP contribution in [0.2, 0.25) is 0 Å². The number of amides is 2. The van der Waals surface area contributed by atoms with Gasteiger partial charge in [0.1, 0.15) is 5.75 Å². The number of allylic oxidation sites excluding steroid dienone is 2.